The monoisotopic (exact) mass is 460 g/mol. The molecule has 2 heterocycles. The molecule has 1 aliphatic heterocycles. The summed E-state index contributed by atoms with van der Waals surface area (Å²) in [5, 5.41) is 3.37. The summed E-state index contributed by atoms with van der Waals surface area (Å²) in [5.41, 5.74) is 2.01. The molecule has 0 atom stereocenters. The van der Waals surface area contributed by atoms with Gasteiger partial charge in [0, 0.05) is 27.5 Å². The third kappa shape index (κ3) is 4.53. The first-order valence-electron chi connectivity index (χ1n) is 9.35. The molecule has 0 unspecified atom stereocenters. The Morgan fingerprint density at radius 3 is 2.70 bits per heavy atom. The lowest BCUT2D eigenvalue weighted by Crippen LogP contribution is -2.14. The minimum absolute atomic E-state index is 0.0921. The number of carbonyl (C=O) groups excluding carboxylic acids is 1. The van der Waals surface area contributed by atoms with Gasteiger partial charge in [-0.15, -0.1) is 23.1 Å². The molecule has 2 aromatic carbocycles. The zero-order chi connectivity index (χ0) is 21.1. The van der Waals surface area contributed by atoms with Crippen LogP contribution >= 0.6 is 23.1 Å². The average molecular weight is 461 g/mol. The fourth-order valence-corrected chi connectivity index (χ4v) is 6.58. The van der Waals surface area contributed by atoms with Crippen molar-refractivity contribution in [3.63, 3.8) is 0 Å². The molecule has 0 bridgehead atoms. The van der Waals surface area contributed by atoms with Crippen molar-refractivity contribution in [2.45, 2.75) is 28.4 Å². The number of sulfone groups is 1. The molecule has 30 heavy (non-hydrogen) atoms. The van der Waals surface area contributed by atoms with E-state index in [4.69, 9.17) is 4.74 Å². The van der Waals surface area contributed by atoms with Crippen molar-refractivity contribution in [3.8, 4) is 17.0 Å². The second kappa shape index (κ2) is 8.79. The highest BCUT2D eigenvalue weighted by Crippen LogP contribution is 2.44. The third-order valence-corrected chi connectivity index (χ3v) is 8.75. The predicted octanol–water partition coefficient (Wildman–Crippen LogP) is 4.62. The van der Waals surface area contributed by atoms with Crippen LogP contribution in [-0.4, -0.2) is 32.2 Å². The zero-order valence-electron chi connectivity index (χ0n) is 16.3. The van der Waals surface area contributed by atoms with Gasteiger partial charge in [0.05, 0.1) is 23.5 Å². The number of anilines is 1. The van der Waals surface area contributed by atoms with E-state index < -0.39 is 9.84 Å². The van der Waals surface area contributed by atoms with Gasteiger partial charge in [-0.2, -0.15) is 0 Å². The van der Waals surface area contributed by atoms with E-state index in [1.54, 1.807) is 23.9 Å². The van der Waals surface area contributed by atoms with Crippen molar-refractivity contribution in [2.24, 2.45) is 0 Å². The first kappa shape index (κ1) is 20.9. The van der Waals surface area contributed by atoms with Crippen molar-refractivity contribution in [2.75, 3.05) is 18.2 Å². The Kier molecular flexibility index (Phi) is 6.12. The summed E-state index contributed by atoms with van der Waals surface area (Å²) < 4.78 is 29.9. The molecule has 4 rings (SSSR count). The molecule has 3 aromatic rings. The number of thiazole rings is 1. The predicted molar refractivity (Wildman–Crippen MR) is 120 cm³/mol. The number of benzene rings is 2. The zero-order valence-corrected chi connectivity index (χ0v) is 18.7. The largest absolute Gasteiger partial charge is 0.497 e. The average Bonchev–Trinajstić information content (AvgIpc) is 3.16. The molecular weight excluding hydrogens is 440 g/mol. The van der Waals surface area contributed by atoms with Gasteiger partial charge in [-0.3, -0.25) is 4.79 Å². The highest BCUT2D eigenvalue weighted by molar-refractivity contribution is 7.98. The fourth-order valence-electron chi connectivity index (χ4n) is 3.15. The van der Waals surface area contributed by atoms with Gasteiger partial charge in [0.1, 0.15) is 5.75 Å². The Balaban J connectivity index is 1.34. The van der Waals surface area contributed by atoms with E-state index in [9.17, 15) is 13.2 Å². The van der Waals surface area contributed by atoms with Crippen molar-refractivity contribution in [1.82, 2.24) is 4.98 Å². The first-order chi connectivity index (χ1) is 14.5. The maximum atomic E-state index is 12.4. The molecule has 1 amide bonds. The lowest BCUT2D eigenvalue weighted by atomic mass is 10.1. The van der Waals surface area contributed by atoms with Crippen LogP contribution in [0.4, 0.5) is 5.13 Å². The van der Waals surface area contributed by atoms with Crippen LogP contribution in [0.2, 0.25) is 0 Å². The quantitative estimate of drug-likeness (QED) is 0.554. The number of rotatable bonds is 7. The molecule has 0 fully saturated rings. The maximum Gasteiger partial charge on any atom is 0.226 e. The van der Waals surface area contributed by atoms with Crippen LogP contribution in [0, 0.1) is 0 Å². The lowest BCUT2D eigenvalue weighted by molar-refractivity contribution is -0.116. The summed E-state index contributed by atoms with van der Waals surface area (Å²) in [4.78, 5) is 19.5. The molecule has 6 nitrogen and oxygen atoms in total. The van der Waals surface area contributed by atoms with Crippen molar-refractivity contribution < 1.29 is 17.9 Å². The van der Waals surface area contributed by atoms with Crippen LogP contribution < -0.4 is 10.1 Å². The first-order valence-corrected chi connectivity index (χ1v) is 12.8. The van der Waals surface area contributed by atoms with Gasteiger partial charge in [-0.05, 0) is 36.8 Å². The number of hydrogen-bond acceptors (Lipinski definition) is 7. The summed E-state index contributed by atoms with van der Waals surface area (Å²) >= 11 is 3.24. The van der Waals surface area contributed by atoms with Crippen molar-refractivity contribution in [1.29, 1.82) is 0 Å². The Hall–Kier alpha value is -2.36. The third-order valence-electron chi connectivity index (χ3n) is 4.68. The van der Waals surface area contributed by atoms with E-state index in [-0.39, 0.29) is 29.4 Å². The number of nitrogens with one attached hydrogen (secondary N) is 1. The van der Waals surface area contributed by atoms with E-state index in [0.717, 1.165) is 21.9 Å². The molecular formula is C21H20N2O4S3. The molecule has 0 spiro atoms. The van der Waals surface area contributed by atoms with Crippen molar-refractivity contribution in [3.05, 3.63) is 53.4 Å². The minimum Gasteiger partial charge on any atom is -0.497 e. The Labute approximate surface area is 183 Å². The number of amides is 1. The van der Waals surface area contributed by atoms with Crippen LogP contribution in [0.3, 0.4) is 0 Å². The SMILES string of the molecule is COc1ccc(S(=O)(=O)CCCC(=O)Nc2nc3c(s2)CSc2ccccc2-3)cc1. The number of ether oxygens (including phenoxy) is 1. The van der Waals surface area contributed by atoms with Crippen LogP contribution in [0.1, 0.15) is 17.7 Å². The molecule has 1 aliphatic rings. The van der Waals surface area contributed by atoms with Gasteiger partial charge in [0.15, 0.2) is 15.0 Å². The molecule has 0 aliphatic carbocycles. The fraction of sp³-hybridized carbons (Fsp3) is 0.238. The highest BCUT2D eigenvalue weighted by atomic mass is 32.2. The van der Waals surface area contributed by atoms with Crippen LogP contribution in [0.25, 0.3) is 11.3 Å². The summed E-state index contributed by atoms with van der Waals surface area (Å²) in [6, 6.07) is 14.4. The minimum atomic E-state index is -3.44. The summed E-state index contributed by atoms with van der Waals surface area (Å²) in [7, 11) is -1.91. The van der Waals surface area contributed by atoms with Gasteiger partial charge >= 0.3 is 0 Å². The molecule has 0 saturated carbocycles. The lowest BCUT2D eigenvalue weighted by Gasteiger charge is -2.13. The van der Waals surface area contributed by atoms with E-state index in [1.165, 1.54) is 35.5 Å². The normalized spacial score (nSPS) is 12.7. The number of fused-ring (bicyclic) bond motifs is 3. The summed E-state index contributed by atoms with van der Waals surface area (Å²) in [6.45, 7) is 0. The van der Waals surface area contributed by atoms with Gasteiger partial charge in [0.2, 0.25) is 5.91 Å². The van der Waals surface area contributed by atoms with Crippen LogP contribution in [0.5, 0.6) is 5.75 Å². The number of thioether (sulfide) groups is 1. The van der Waals surface area contributed by atoms with Crippen LogP contribution in [-0.2, 0) is 20.4 Å². The smallest absolute Gasteiger partial charge is 0.226 e. The Morgan fingerprint density at radius 2 is 1.93 bits per heavy atom. The molecule has 156 valence electrons. The van der Waals surface area contributed by atoms with E-state index >= 15 is 0 Å². The number of methoxy groups -OCH3 is 1. The van der Waals surface area contributed by atoms with Crippen molar-refractivity contribution >= 4 is 44.0 Å². The number of hydrogen-bond donors (Lipinski definition) is 1. The topological polar surface area (TPSA) is 85.4 Å². The van der Waals surface area contributed by atoms with Gasteiger partial charge in [-0.25, -0.2) is 13.4 Å². The second-order valence-electron chi connectivity index (χ2n) is 6.72. The van der Waals surface area contributed by atoms with E-state index in [2.05, 4.69) is 16.4 Å². The Bertz CT molecular complexity index is 1170. The van der Waals surface area contributed by atoms with Gasteiger partial charge in [-0.1, -0.05) is 18.2 Å². The van der Waals surface area contributed by atoms with Gasteiger partial charge < -0.3 is 10.1 Å². The number of carbonyl (C=O) groups is 1. The molecule has 1 aromatic heterocycles. The maximum absolute atomic E-state index is 12.4. The van der Waals surface area contributed by atoms with Crippen LogP contribution in [0.15, 0.2) is 58.3 Å². The molecule has 9 heteroatoms. The Morgan fingerprint density at radius 1 is 1.17 bits per heavy atom. The molecule has 0 radical (unpaired) electrons. The summed E-state index contributed by atoms with van der Waals surface area (Å²) in [5.74, 6) is 1.11. The molecule has 0 saturated heterocycles. The van der Waals surface area contributed by atoms with E-state index in [1.807, 2.05) is 18.2 Å². The second-order valence-corrected chi connectivity index (χ2v) is 10.9. The van der Waals surface area contributed by atoms with E-state index in [0.29, 0.717) is 10.9 Å². The summed E-state index contributed by atoms with van der Waals surface area (Å²) in [6.07, 6.45) is 0.356. The van der Waals surface area contributed by atoms with Gasteiger partial charge in [0.25, 0.3) is 0 Å². The molecule has 1 N–H and O–H groups in total. The number of aromatic nitrogens is 1. The highest BCUT2D eigenvalue weighted by Gasteiger charge is 2.22. The number of nitrogens with zero attached hydrogens (tertiary/aromatic N) is 1. The standard InChI is InChI=1S/C21H20N2O4S3/c1-27-14-8-10-15(11-9-14)30(25,26)12-4-7-19(24)22-21-23-20-16-5-2-3-6-17(16)28-13-18(20)29-21/h2-3,5-6,8-11H,4,7,12-13H2,1H3,(H,22,23,24).